The third kappa shape index (κ3) is 3.87. The summed E-state index contributed by atoms with van der Waals surface area (Å²) < 4.78 is 11.0. The number of benzene rings is 2. The first kappa shape index (κ1) is 17.7. The van der Waals surface area contributed by atoms with Crippen molar-refractivity contribution in [3.8, 4) is 11.5 Å². The third-order valence-electron chi connectivity index (χ3n) is 5.43. The van der Waals surface area contributed by atoms with Gasteiger partial charge in [-0.3, -0.25) is 4.79 Å². The minimum atomic E-state index is -0.142. The van der Waals surface area contributed by atoms with Gasteiger partial charge in [-0.25, -0.2) is 0 Å². The molecule has 2 heterocycles. The van der Waals surface area contributed by atoms with Crippen LogP contribution in [0, 0.1) is 5.92 Å². The Bertz CT molecular complexity index is 821. The maximum Gasteiger partial charge on any atom is 0.226 e. The van der Waals surface area contributed by atoms with Crippen LogP contribution in [-0.4, -0.2) is 39.3 Å². The average molecular weight is 366 g/mol. The van der Waals surface area contributed by atoms with Crippen molar-refractivity contribution in [2.45, 2.75) is 19.3 Å². The number of carbonyl (C=O) groups excluding carboxylic acids is 1. The highest BCUT2D eigenvalue weighted by Gasteiger charge is 2.26. The fourth-order valence-electron chi connectivity index (χ4n) is 3.93. The van der Waals surface area contributed by atoms with Crippen LogP contribution >= 0.6 is 0 Å². The zero-order valence-corrected chi connectivity index (χ0v) is 15.7. The second-order valence-corrected chi connectivity index (χ2v) is 7.20. The van der Waals surface area contributed by atoms with Gasteiger partial charge >= 0.3 is 0 Å². The lowest BCUT2D eigenvalue weighted by Crippen LogP contribution is -2.38. The Labute approximate surface area is 160 Å². The molecule has 5 heteroatoms. The van der Waals surface area contributed by atoms with Crippen LogP contribution in [0.2, 0.25) is 0 Å². The van der Waals surface area contributed by atoms with E-state index in [1.54, 1.807) is 7.11 Å². The van der Waals surface area contributed by atoms with E-state index < -0.39 is 0 Å². The van der Waals surface area contributed by atoms with E-state index in [1.165, 1.54) is 11.3 Å². The number of carbonyl (C=O) groups is 1. The molecule has 0 aliphatic carbocycles. The number of hydrogen-bond acceptors (Lipinski definition) is 4. The number of nitrogens with one attached hydrogen (secondary N) is 1. The van der Waals surface area contributed by atoms with Gasteiger partial charge in [0, 0.05) is 25.3 Å². The van der Waals surface area contributed by atoms with Gasteiger partial charge in [0.05, 0.1) is 13.0 Å². The second-order valence-electron chi connectivity index (χ2n) is 7.20. The van der Waals surface area contributed by atoms with Crippen LogP contribution in [-0.2, 0) is 17.6 Å². The molecule has 0 fully saturated rings. The van der Waals surface area contributed by atoms with Crippen molar-refractivity contribution in [2.24, 2.45) is 5.92 Å². The first-order valence-electron chi connectivity index (χ1n) is 9.65. The highest BCUT2D eigenvalue weighted by molar-refractivity contribution is 5.79. The zero-order valence-electron chi connectivity index (χ0n) is 15.7. The quantitative estimate of drug-likeness (QED) is 0.799. The van der Waals surface area contributed by atoms with E-state index in [2.05, 4.69) is 34.5 Å². The number of anilines is 1. The van der Waals surface area contributed by atoms with E-state index >= 15 is 0 Å². The first-order valence-corrected chi connectivity index (χ1v) is 9.65. The lowest BCUT2D eigenvalue weighted by atomic mass is 9.96. The van der Waals surface area contributed by atoms with Gasteiger partial charge in [0.2, 0.25) is 5.91 Å². The minimum Gasteiger partial charge on any atom is -0.497 e. The molecule has 0 bridgehead atoms. The van der Waals surface area contributed by atoms with Crippen LogP contribution in [0.25, 0.3) is 0 Å². The maximum absolute atomic E-state index is 12.5. The monoisotopic (exact) mass is 366 g/mol. The summed E-state index contributed by atoms with van der Waals surface area (Å²) in [5, 5.41) is 3.08. The standard InChI is InChI=1S/C22H26N2O3/c1-26-19-7-8-21-17(14-19)13-18(15-27-21)22(25)23-10-4-11-24-12-9-16-5-2-3-6-20(16)24/h2-3,5-8,14,18H,4,9-13,15H2,1H3,(H,23,25)/t18-/m1/s1. The van der Waals surface area contributed by atoms with E-state index in [1.807, 2.05) is 18.2 Å². The van der Waals surface area contributed by atoms with Crippen molar-refractivity contribution in [2.75, 3.05) is 38.3 Å². The van der Waals surface area contributed by atoms with Crippen LogP contribution in [0.1, 0.15) is 17.5 Å². The number of rotatable bonds is 6. The molecule has 4 rings (SSSR count). The Morgan fingerprint density at radius 3 is 3.04 bits per heavy atom. The van der Waals surface area contributed by atoms with Crippen molar-refractivity contribution in [3.63, 3.8) is 0 Å². The number of para-hydroxylation sites is 1. The summed E-state index contributed by atoms with van der Waals surface area (Å²) in [6.45, 7) is 3.17. The summed E-state index contributed by atoms with van der Waals surface area (Å²) >= 11 is 0. The molecule has 0 saturated carbocycles. The Kier molecular flexibility index (Phi) is 5.19. The maximum atomic E-state index is 12.5. The van der Waals surface area contributed by atoms with Crippen molar-refractivity contribution in [3.05, 3.63) is 53.6 Å². The van der Waals surface area contributed by atoms with Gasteiger partial charge in [-0.2, -0.15) is 0 Å². The number of nitrogens with zero attached hydrogens (tertiary/aromatic N) is 1. The van der Waals surface area contributed by atoms with E-state index in [0.29, 0.717) is 19.6 Å². The van der Waals surface area contributed by atoms with E-state index in [9.17, 15) is 4.79 Å². The number of hydrogen-bond donors (Lipinski definition) is 1. The number of amides is 1. The Morgan fingerprint density at radius 1 is 1.26 bits per heavy atom. The van der Waals surface area contributed by atoms with E-state index in [0.717, 1.165) is 43.0 Å². The summed E-state index contributed by atoms with van der Waals surface area (Å²) in [6.07, 6.45) is 2.75. The molecule has 2 aromatic carbocycles. The van der Waals surface area contributed by atoms with Gasteiger partial charge in [-0.05, 0) is 54.7 Å². The van der Waals surface area contributed by atoms with Crippen LogP contribution < -0.4 is 19.7 Å². The normalized spacial score (nSPS) is 17.7. The molecular formula is C22H26N2O3. The van der Waals surface area contributed by atoms with Gasteiger partial charge < -0.3 is 19.7 Å². The number of ether oxygens (including phenoxy) is 2. The van der Waals surface area contributed by atoms with Crippen LogP contribution in [0.15, 0.2) is 42.5 Å². The molecule has 0 unspecified atom stereocenters. The SMILES string of the molecule is COc1ccc2c(c1)C[C@@H](C(=O)NCCCN1CCc3ccccc31)CO2. The van der Waals surface area contributed by atoms with Gasteiger partial charge in [0.1, 0.15) is 18.1 Å². The molecule has 2 aliphatic rings. The molecule has 0 aromatic heterocycles. The molecule has 1 N–H and O–H groups in total. The molecule has 1 amide bonds. The molecule has 2 aromatic rings. The van der Waals surface area contributed by atoms with Gasteiger partial charge in [-0.1, -0.05) is 18.2 Å². The van der Waals surface area contributed by atoms with Crippen LogP contribution in [0.4, 0.5) is 5.69 Å². The van der Waals surface area contributed by atoms with Crippen molar-refractivity contribution in [1.82, 2.24) is 5.32 Å². The molecule has 142 valence electrons. The zero-order chi connectivity index (χ0) is 18.6. The van der Waals surface area contributed by atoms with E-state index in [-0.39, 0.29) is 11.8 Å². The second kappa shape index (κ2) is 7.91. The fourth-order valence-corrected chi connectivity index (χ4v) is 3.93. The Morgan fingerprint density at radius 2 is 2.15 bits per heavy atom. The van der Waals surface area contributed by atoms with Crippen molar-refractivity contribution >= 4 is 11.6 Å². The Hall–Kier alpha value is -2.69. The smallest absolute Gasteiger partial charge is 0.226 e. The summed E-state index contributed by atoms with van der Waals surface area (Å²) in [4.78, 5) is 14.9. The average Bonchev–Trinajstić information content (AvgIpc) is 3.13. The van der Waals surface area contributed by atoms with Gasteiger partial charge in [0.25, 0.3) is 0 Å². The van der Waals surface area contributed by atoms with Gasteiger partial charge in [-0.15, -0.1) is 0 Å². The number of fused-ring (bicyclic) bond motifs is 2. The summed E-state index contributed by atoms with van der Waals surface area (Å²) in [7, 11) is 1.65. The largest absolute Gasteiger partial charge is 0.497 e. The predicted octanol–water partition coefficient (Wildman–Crippen LogP) is 2.82. The molecule has 0 saturated heterocycles. The lowest BCUT2D eigenvalue weighted by molar-refractivity contribution is -0.126. The molecule has 27 heavy (non-hydrogen) atoms. The summed E-state index contributed by atoms with van der Waals surface area (Å²) in [6, 6.07) is 14.3. The highest BCUT2D eigenvalue weighted by atomic mass is 16.5. The lowest BCUT2D eigenvalue weighted by Gasteiger charge is -2.25. The van der Waals surface area contributed by atoms with Crippen LogP contribution in [0.3, 0.4) is 0 Å². The van der Waals surface area contributed by atoms with Crippen molar-refractivity contribution < 1.29 is 14.3 Å². The summed E-state index contributed by atoms with van der Waals surface area (Å²) in [5.41, 5.74) is 3.81. The molecule has 0 spiro atoms. The van der Waals surface area contributed by atoms with Gasteiger partial charge in [0.15, 0.2) is 0 Å². The molecule has 5 nitrogen and oxygen atoms in total. The summed E-state index contributed by atoms with van der Waals surface area (Å²) in [5.74, 6) is 1.58. The minimum absolute atomic E-state index is 0.0743. The molecule has 2 aliphatic heterocycles. The third-order valence-corrected chi connectivity index (χ3v) is 5.43. The number of methoxy groups -OCH3 is 1. The molecule has 0 radical (unpaired) electrons. The van der Waals surface area contributed by atoms with Crippen molar-refractivity contribution in [1.29, 1.82) is 0 Å². The molecular weight excluding hydrogens is 340 g/mol. The first-order chi connectivity index (χ1) is 13.2. The highest BCUT2D eigenvalue weighted by Crippen LogP contribution is 2.31. The van der Waals surface area contributed by atoms with Crippen LogP contribution in [0.5, 0.6) is 11.5 Å². The fraction of sp³-hybridized carbons (Fsp3) is 0.409. The predicted molar refractivity (Wildman–Crippen MR) is 106 cm³/mol. The molecule has 1 atom stereocenters. The van der Waals surface area contributed by atoms with E-state index in [4.69, 9.17) is 9.47 Å². The topological polar surface area (TPSA) is 50.8 Å². The Balaban J connectivity index is 1.24.